The Hall–Kier alpha value is -0.120. The lowest BCUT2D eigenvalue weighted by Crippen LogP contribution is -2.61. The van der Waals surface area contributed by atoms with E-state index in [1.807, 2.05) is 0 Å². The molecule has 114 valence electrons. The molecule has 0 aliphatic carbocycles. The van der Waals surface area contributed by atoms with E-state index in [1.165, 1.54) is 0 Å². The number of rotatable bonds is 3. The SMILES string of the molecule is C[C@@H]1CN(C(C)(C)C)C[C@H](C)N1CCOC(C)(C)C. The molecule has 1 saturated heterocycles. The molecule has 0 N–H and O–H groups in total. The van der Waals surface area contributed by atoms with E-state index in [0.29, 0.717) is 12.1 Å². The van der Waals surface area contributed by atoms with Crippen LogP contribution in [0.5, 0.6) is 0 Å². The van der Waals surface area contributed by atoms with Gasteiger partial charge in [0.1, 0.15) is 0 Å². The van der Waals surface area contributed by atoms with E-state index in [4.69, 9.17) is 4.74 Å². The van der Waals surface area contributed by atoms with Crippen LogP contribution in [0.25, 0.3) is 0 Å². The van der Waals surface area contributed by atoms with Gasteiger partial charge in [0.05, 0.1) is 12.2 Å². The summed E-state index contributed by atoms with van der Waals surface area (Å²) < 4.78 is 5.87. The summed E-state index contributed by atoms with van der Waals surface area (Å²) in [6.45, 7) is 22.2. The van der Waals surface area contributed by atoms with E-state index in [1.54, 1.807) is 0 Å². The fraction of sp³-hybridized carbons (Fsp3) is 1.00. The van der Waals surface area contributed by atoms with Crippen LogP contribution in [0.15, 0.2) is 0 Å². The Kier molecular flexibility index (Phi) is 5.44. The Bertz CT molecular complexity index is 265. The van der Waals surface area contributed by atoms with Gasteiger partial charge < -0.3 is 4.74 Å². The molecule has 0 bridgehead atoms. The largest absolute Gasteiger partial charge is 0.375 e. The summed E-state index contributed by atoms with van der Waals surface area (Å²) in [5.41, 5.74) is 0.246. The minimum Gasteiger partial charge on any atom is -0.375 e. The van der Waals surface area contributed by atoms with Gasteiger partial charge in [-0.05, 0) is 55.4 Å². The minimum absolute atomic E-state index is 0.0281. The topological polar surface area (TPSA) is 15.7 Å². The van der Waals surface area contributed by atoms with Crippen LogP contribution in [0.3, 0.4) is 0 Å². The predicted molar refractivity (Wildman–Crippen MR) is 82.7 cm³/mol. The van der Waals surface area contributed by atoms with Crippen LogP contribution in [0.4, 0.5) is 0 Å². The van der Waals surface area contributed by atoms with Gasteiger partial charge in [-0.25, -0.2) is 0 Å². The predicted octanol–water partition coefficient (Wildman–Crippen LogP) is 2.99. The number of piperazine rings is 1. The smallest absolute Gasteiger partial charge is 0.0600 e. The molecule has 3 heteroatoms. The number of ether oxygens (including phenoxy) is 1. The molecule has 1 aliphatic rings. The lowest BCUT2D eigenvalue weighted by molar-refractivity contribution is -0.0484. The molecule has 1 aliphatic heterocycles. The first kappa shape index (κ1) is 16.9. The van der Waals surface area contributed by atoms with Crippen LogP contribution in [0.2, 0.25) is 0 Å². The quantitative estimate of drug-likeness (QED) is 0.784. The normalized spacial score (nSPS) is 27.8. The molecule has 0 aromatic rings. The second-order valence-electron chi connectivity index (χ2n) is 7.97. The monoisotopic (exact) mass is 270 g/mol. The van der Waals surface area contributed by atoms with Crippen LogP contribution in [0, 0.1) is 0 Å². The summed E-state index contributed by atoms with van der Waals surface area (Å²) >= 11 is 0. The fourth-order valence-corrected chi connectivity index (χ4v) is 2.80. The Morgan fingerprint density at radius 1 is 0.947 bits per heavy atom. The van der Waals surface area contributed by atoms with Gasteiger partial charge in [-0.1, -0.05) is 0 Å². The van der Waals surface area contributed by atoms with Crippen LogP contribution >= 0.6 is 0 Å². The van der Waals surface area contributed by atoms with Crippen molar-refractivity contribution in [1.29, 1.82) is 0 Å². The van der Waals surface area contributed by atoms with Gasteiger partial charge >= 0.3 is 0 Å². The molecule has 0 unspecified atom stereocenters. The zero-order valence-corrected chi connectivity index (χ0v) is 14.3. The molecule has 1 rings (SSSR count). The molecule has 0 saturated carbocycles. The second kappa shape index (κ2) is 6.11. The van der Waals surface area contributed by atoms with E-state index in [-0.39, 0.29) is 11.1 Å². The molecule has 0 radical (unpaired) electrons. The molecule has 0 amide bonds. The Morgan fingerprint density at radius 3 is 1.79 bits per heavy atom. The van der Waals surface area contributed by atoms with Crippen molar-refractivity contribution >= 4 is 0 Å². The van der Waals surface area contributed by atoms with E-state index in [2.05, 4.69) is 65.2 Å². The van der Waals surface area contributed by atoms with Crippen molar-refractivity contribution in [2.45, 2.75) is 78.6 Å². The third-order valence-electron chi connectivity index (χ3n) is 3.93. The number of nitrogens with zero attached hydrogens (tertiary/aromatic N) is 2. The Balaban J connectivity index is 2.49. The molecule has 1 heterocycles. The van der Waals surface area contributed by atoms with Crippen molar-refractivity contribution in [2.24, 2.45) is 0 Å². The maximum Gasteiger partial charge on any atom is 0.0600 e. The average molecular weight is 270 g/mol. The first-order chi connectivity index (χ1) is 8.50. The lowest BCUT2D eigenvalue weighted by Gasteiger charge is -2.49. The van der Waals surface area contributed by atoms with Crippen molar-refractivity contribution in [3.8, 4) is 0 Å². The minimum atomic E-state index is -0.0281. The summed E-state index contributed by atoms with van der Waals surface area (Å²) in [7, 11) is 0. The maximum atomic E-state index is 5.87. The van der Waals surface area contributed by atoms with Crippen molar-refractivity contribution in [3.63, 3.8) is 0 Å². The molecular formula is C16H34N2O. The molecule has 3 nitrogen and oxygen atoms in total. The van der Waals surface area contributed by atoms with Gasteiger partial charge in [-0.2, -0.15) is 0 Å². The molecule has 2 atom stereocenters. The summed E-state index contributed by atoms with van der Waals surface area (Å²) in [6, 6.07) is 1.21. The highest BCUT2D eigenvalue weighted by molar-refractivity contribution is 4.90. The van der Waals surface area contributed by atoms with Crippen molar-refractivity contribution in [1.82, 2.24) is 9.80 Å². The van der Waals surface area contributed by atoms with E-state index >= 15 is 0 Å². The van der Waals surface area contributed by atoms with Gasteiger partial charge in [0, 0.05) is 37.3 Å². The summed E-state index contributed by atoms with van der Waals surface area (Å²) in [6.07, 6.45) is 0. The summed E-state index contributed by atoms with van der Waals surface area (Å²) in [5.74, 6) is 0. The third-order valence-corrected chi connectivity index (χ3v) is 3.93. The Labute approximate surface area is 120 Å². The molecule has 0 spiro atoms. The van der Waals surface area contributed by atoms with E-state index < -0.39 is 0 Å². The van der Waals surface area contributed by atoms with Crippen molar-refractivity contribution in [3.05, 3.63) is 0 Å². The van der Waals surface area contributed by atoms with Gasteiger partial charge in [0.2, 0.25) is 0 Å². The molecule has 0 aromatic heterocycles. The van der Waals surface area contributed by atoms with Crippen LogP contribution in [-0.4, -0.2) is 59.3 Å². The lowest BCUT2D eigenvalue weighted by atomic mass is 9.99. The van der Waals surface area contributed by atoms with E-state index in [0.717, 1.165) is 26.2 Å². The van der Waals surface area contributed by atoms with Gasteiger partial charge in [-0.15, -0.1) is 0 Å². The molecular weight excluding hydrogens is 236 g/mol. The standard InChI is InChI=1S/C16H34N2O/c1-13-11-17(15(3,4)5)12-14(2)18(13)9-10-19-16(6,7)8/h13-14H,9-12H2,1-8H3/t13-,14+. The molecule has 19 heavy (non-hydrogen) atoms. The Morgan fingerprint density at radius 2 is 1.42 bits per heavy atom. The highest BCUT2D eigenvalue weighted by Crippen LogP contribution is 2.22. The zero-order valence-electron chi connectivity index (χ0n) is 14.3. The first-order valence-corrected chi connectivity index (χ1v) is 7.65. The fourth-order valence-electron chi connectivity index (χ4n) is 2.80. The van der Waals surface area contributed by atoms with Gasteiger partial charge in [0.25, 0.3) is 0 Å². The van der Waals surface area contributed by atoms with Crippen molar-refractivity contribution < 1.29 is 4.74 Å². The zero-order chi connectivity index (χ0) is 14.8. The average Bonchev–Trinajstić information content (AvgIpc) is 2.18. The summed E-state index contributed by atoms with van der Waals surface area (Å²) in [4.78, 5) is 5.19. The van der Waals surface area contributed by atoms with Gasteiger partial charge in [0.15, 0.2) is 0 Å². The maximum absolute atomic E-state index is 5.87. The second-order valence-corrected chi connectivity index (χ2v) is 7.97. The highest BCUT2D eigenvalue weighted by atomic mass is 16.5. The van der Waals surface area contributed by atoms with Crippen LogP contribution < -0.4 is 0 Å². The van der Waals surface area contributed by atoms with Crippen LogP contribution in [0.1, 0.15) is 55.4 Å². The molecule has 1 fully saturated rings. The number of hydrogen-bond acceptors (Lipinski definition) is 3. The van der Waals surface area contributed by atoms with Gasteiger partial charge in [-0.3, -0.25) is 9.80 Å². The molecule has 0 aromatic carbocycles. The van der Waals surface area contributed by atoms with Crippen LogP contribution in [-0.2, 0) is 4.74 Å². The highest BCUT2D eigenvalue weighted by Gasteiger charge is 2.34. The first-order valence-electron chi connectivity index (χ1n) is 7.65. The van der Waals surface area contributed by atoms with Crippen molar-refractivity contribution in [2.75, 3.05) is 26.2 Å². The van der Waals surface area contributed by atoms with E-state index in [9.17, 15) is 0 Å². The number of hydrogen-bond donors (Lipinski definition) is 0. The summed E-state index contributed by atoms with van der Waals surface area (Å²) in [5, 5.41) is 0. The third kappa shape index (κ3) is 5.41.